The third-order valence-electron chi connectivity index (χ3n) is 16.1. The number of aliphatic hydroxyl groups excluding tert-OH is 8. The molecular weight excluding hydrogens is 1000 g/mol. The predicted octanol–water partition coefficient (Wildman–Crippen LogP) is 12.2. The highest BCUT2D eigenvalue weighted by atomic mass is 16.7. The average Bonchev–Trinajstić information content (AvgIpc) is 3.48. The molecule has 2 heterocycles. The highest BCUT2D eigenvalue weighted by Crippen LogP contribution is 2.30. The molecular formula is C65H121NO13. The van der Waals surface area contributed by atoms with Gasteiger partial charge in [0.2, 0.25) is 5.91 Å². The van der Waals surface area contributed by atoms with E-state index < -0.39 is 86.8 Å². The minimum Gasteiger partial charge on any atom is -0.394 e. The second-order valence-corrected chi connectivity index (χ2v) is 23.2. The lowest BCUT2D eigenvalue weighted by Gasteiger charge is -2.46. The number of unbranched alkanes of at least 4 members (excludes halogenated alkanes) is 36. The van der Waals surface area contributed by atoms with Gasteiger partial charge in [-0.3, -0.25) is 4.79 Å². The van der Waals surface area contributed by atoms with Crippen LogP contribution in [0.4, 0.5) is 0 Å². The van der Waals surface area contributed by atoms with Crippen molar-refractivity contribution in [1.29, 1.82) is 0 Å². The van der Waals surface area contributed by atoms with E-state index in [0.29, 0.717) is 12.8 Å². The van der Waals surface area contributed by atoms with Crippen LogP contribution in [-0.4, -0.2) is 140 Å². The van der Waals surface area contributed by atoms with Crippen LogP contribution in [0.25, 0.3) is 0 Å². The maximum atomic E-state index is 13.3. The molecule has 2 aliphatic heterocycles. The Balaban J connectivity index is 1.70. The number of aliphatic hydroxyl groups is 8. The van der Waals surface area contributed by atoms with Crippen LogP contribution in [0, 0.1) is 0 Å². The van der Waals surface area contributed by atoms with Gasteiger partial charge in [-0.15, -0.1) is 0 Å². The van der Waals surface area contributed by atoms with Crippen molar-refractivity contribution in [2.24, 2.45) is 0 Å². The van der Waals surface area contributed by atoms with Gasteiger partial charge >= 0.3 is 0 Å². The molecule has 0 aromatic rings. The molecule has 12 unspecified atom stereocenters. The minimum atomic E-state index is -1.79. The van der Waals surface area contributed by atoms with Crippen molar-refractivity contribution in [2.75, 3.05) is 19.8 Å². The molecule has 0 spiro atoms. The van der Waals surface area contributed by atoms with E-state index in [9.17, 15) is 45.6 Å². The van der Waals surface area contributed by atoms with Crippen LogP contribution in [0.15, 0.2) is 36.5 Å². The zero-order valence-electron chi connectivity index (χ0n) is 50.1. The summed E-state index contributed by atoms with van der Waals surface area (Å²) in [6.45, 7) is 2.80. The first-order valence-corrected chi connectivity index (χ1v) is 32.7. The molecule has 79 heavy (non-hydrogen) atoms. The van der Waals surface area contributed by atoms with Gasteiger partial charge in [0, 0.05) is 6.42 Å². The molecule has 14 heteroatoms. The average molecular weight is 1120 g/mol. The van der Waals surface area contributed by atoms with Gasteiger partial charge in [0.25, 0.3) is 0 Å². The second-order valence-electron chi connectivity index (χ2n) is 23.2. The highest BCUT2D eigenvalue weighted by molar-refractivity contribution is 5.76. The fourth-order valence-corrected chi connectivity index (χ4v) is 10.8. The van der Waals surface area contributed by atoms with Crippen molar-refractivity contribution in [3.05, 3.63) is 36.5 Å². The van der Waals surface area contributed by atoms with Crippen LogP contribution >= 0.6 is 0 Å². The van der Waals surface area contributed by atoms with Gasteiger partial charge < -0.3 is 65.1 Å². The summed E-state index contributed by atoms with van der Waals surface area (Å²) in [6, 6.07) is -0.936. The smallest absolute Gasteiger partial charge is 0.220 e. The molecule has 0 aromatic carbocycles. The summed E-state index contributed by atoms with van der Waals surface area (Å²) in [4.78, 5) is 13.3. The second kappa shape index (κ2) is 50.7. The van der Waals surface area contributed by atoms with Crippen LogP contribution in [0.3, 0.4) is 0 Å². The number of nitrogens with one attached hydrogen (secondary N) is 1. The summed E-state index contributed by atoms with van der Waals surface area (Å²) in [5.74, 6) is -0.248. The van der Waals surface area contributed by atoms with Gasteiger partial charge in [-0.05, 0) is 44.9 Å². The Hall–Kier alpha value is -1.79. The Kier molecular flexibility index (Phi) is 47.0. The SMILES string of the molecule is CCCCCCCCC/C=C/CC/C=C/CC/C=C/C(O)C(COC1OC(CO)C(OC2OC(CO)C(O)C(O)C2O)C(O)C1O)NC(=O)CCCCCCCCCCCCCCCCCCCCCCCCCCCCCC. The molecule has 0 bridgehead atoms. The van der Waals surface area contributed by atoms with Crippen molar-refractivity contribution in [3.8, 4) is 0 Å². The predicted molar refractivity (Wildman–Crippen MR) is 318 cm³/mol. The van der Waals surface area contributed by atoms with Crippen molar-refractivity contribution in [3.63, 3.8) is 0 Å². The molecule has 2 saturated heterocycles. The number of carbonyl (C=O) groups is 1. The number of amides is 1. The molecule has 2 aliphatic rings. The summed E-state index contributed by atoms with van der Waals surface area (Å²) in [7, 11) is 0. The number of rotatable bonds is 53. The monoisotopic (exact) mass is 1120 g/mol. The van der Waals surface area contributed by atoms with Crippen LogP contribution in [-0.2, 0) is 23.7 Å². The maximum Gasteiger partial charge on any atom is 0.220 e. The summed E-state index contributed by atoms with van der Waals surface area (Å²) in [5.41, 5.74) is 0. The first-order chi connectivity index (χ1) is 38.6. The van der Waals surface area contributed by atoms with E-state index in [-0.39, 0.29) is 18.9 Å². The number of hydrogen-bond acceptors (Lipinski definition) is 13. The van der Waals surface area contributed by atoms with Crippen molar-refractivity contribution >= 4 is 5.91 Å². The summed E-state index contributed by atoms with van der Waals surface area (Å²) in [6.07, 6.45) is 46.3. The standard InChI is InChI=1S/C65H121NO13/c1-3-5-7-9-11-13-15-17-19-21-22-23-24-25-26-27-28-29-30-31-33-35-37-39-41-43-45-47-49-57(70)66-53(54(69)48-46-44-42-40-38-36-34-32-20-18-16-14-12-10-8-6-4-2)52-76-64-62(75)60(73)63(56(51-68)78-64)79-65-61(74)59(72)58(71)55(50-67)77-65/h20,32,38,40,46,48,53-56,58-65,67-69,71-75H,3-19,21-31,33-37,39,41-45,47,49-52H2,1-2H3,(H,66,70)/b32-20+,40-38+,48-46+. The van der Waals surface area contributed by atoms with Crippen LogP contribution in [0.2, 0.25) is 0 Å². The van der Waals surface area contributed by atoms with Crippen LogP contribution < -0.4 is 5.32 Å². The largest absolute Gasteiger partial charge is 0.394 e. The van der Waals surface area contributed by atoms with Crippen LogP contribution in [0.5, 0.6) is 0 Å². The maximum absolute atomic E-state index is 13.3. The Bertz CT molecular complexity index is 1460. The van der Waals surface area contributed by atoms with Gasteiger partial charge in [0.1, 0.15) is 48.8 Å². The van der Waals surface area contributed by atoms with Crippen molar-refractivity contribution in [2.45, 2.75) is 351 Å². The Labute approximate surface area is 481 Å². The van der Waals surface area contributed by atoms with Crippen molar-refractivity contribution in [1.82, 2.24) is 5.32 Å². The third kappa shape index (κ3) is 35.8. The highest BCUT2D eigenvalue weighted by Gasteiger charge is 2.51. The van der Waals surface area contributed by atoms with Gasteiger partial charge in [-0.1, -0.05) is 262 Å². The lowest BCUT2D eigenvalue weighted by Crippen LogP contribution is -2.65. The fourth-order valence-electron chi connectivity index (χ4n) is 10.8. The summed E-state index contributed by atoms with van der Waals surface area (Å²) < 4.78 is 22.8. The van der Waals surface area contributed by atoms with E-state index in [1.165, 1.54) is 199 Å². The van der Waals surface area contributed by atoms with E-state index in [1.54, 1.807) is 6.08 Å². The topological polar surface area (TPSA) is 228 Å². The van der Waals surface area contributed by atoms with Gasteiger partial charge in [-0.25, -0.2) is 0 Å². The number of carbonyl (C=O) groups excluding carboxylic acids is 1. The summed E-state index contributed by atoms with van der Waals surface area (Å²) >= 11 is 0. The van der Waals surface area contributed by atoms with Crippen LogP contribution in [0.1, 0.15) is 277 Å². The molecule has 14 nitrogen and oxygen atoms in total. The zero-order valence-corrected chi connectivity index (χ0v) is 50.1. The van der Waals surface area contributed by atoms with E-state index >= 15 is 0 Å². The number of allylic oxidation sites excluding steroid dienone is 5. The molecule has 1 amide bonds. The number of hydrogen-bond donors (Lipinski definition) is 9. The van der Waals surface area contributed by atoms with E-state index in [2.05, 4.69) is 43.5 Å². The molecule has 0 radical (unpaired) electrons. The van der Waals surface area contributed by atoms with Gasteiger partial charge in [0.05, 0.1) is 32.0 Å². The molecule has 0 aliphatic carbocycles. The molecule has 464 valence electrons. The minimum absolute atomic E-state index is 0.248. The molecule has 2 rings (SSSR count). The molecule has 0 saturated carbocycles. The zero-order chi connectivity index (χ0) is 57.4. The lowest BCUT2D eigenvalue weighted by molar-refractivity contribution is -0.359. The number of ether oxygens (including phenoxy) is 4. The first kappa shape index (κ1) is 73.3. The lowest BCUT2D eigenvalue weighted by atomic mass is 9.97. The third-order valence-corrected chi connectivity index (χ3v) is 16.1. The molecule has 9 N–H and O–H groups in total. The van der Waals surface area contributed by atoms with Crippen molar-refractivity contribution < 1.29 is 64.6 Å². The summed E-state index contributed by atoms with van der Waals surface area (Å²) in [5, 5.41) is 87.2. The van der Waals surface area contributed by atoms with Gasteiger partial charge in [0.15, 0.2) is 12.6 Å². The molecule has 0 aromatic heterocycles. The van der Waals surface area contributed by atoms with E-state index in [0.717, 1.165) is 44.9 Å². The van der Waals surface area contributed by atoms with E-state index in [4.69, 9.17) is 18.9 Å². The van der Waals surface area contributed by atoms with Gasteiger partial charge in [-0.2, -0.15) is 0 Å². The Morgan fingerprint density at radius 2 is 0.810 bits per heavy atom. The normalized spacial score (nSPS) is 24.6. The fraction of sp³-hybridized carbons (Fsp3) is 0.892. The molecule has 2 fully saturated rings. The molecule has 12 atom stereocenters. The Morgan fingerprint density at radius 3 is 1.24 bits per heavy atom. The Morgan fingerprint density at radius 1 is 0.443 bits per heavy atom. The first-order valence-electron chi connectivity index (χ1n) is 32.7. The quantitative estimate of drug-likeness (QED) is 0.0204. The van der Waals surface area contributed by atoms with E-state index in [1.807, 2.05) is 6.08 Å².